The maximum absolute atomic E-state index is 12.5. The highest BCUT2D eigenvalue weighted by atomic mass is 127. The molecule has 0 saturated heterocycles. The molecule has 0 aliphatic heterocycles. The fraction of sp³-hybridized carbons (Fsp3) is 1.00. The maximum Gasteiger partial charge on any atom is 0.464 e. The molecule has 13 heavy (non-hydrogen) atoms. The summed E-state index contributed by atoms with van der Waals surface area (Å²) in [6, 6.07) is 0. The predicted octanol–water partition coefficient (Wildman–Crippen LogP) is 5.52. The quantitative estimate of drug-likeness (QED) is 0.196. The van der Waals surface area contributed by atoms with Gasteiger partial charge in [-0.2, -0.15) is 13.2 Å². The van der Waals surface area contributed by atoms with E-state index in [4.69, 9.17) is 0 Å². The molecule has 0 N–H and O–H groups in total. The van der Waals surface area contributed by atoms with Gasteiger partial charge in [-0.1, -0.05) is 0 Å². The summed E-state index contributed by atoms with van der Waals surface area (Å²) in [4.78, 5) is 0.272. The van der Waals surface area contributed by atoms with Gasteiger partial charge in [-0.15, -0.1) is 4.90 Å². The zero-order valence-corrected chi connectivity index (χ0v) is 16.6. The Morgan fingerprint density at radius 3 is 1.23 bits per heavy atom. The zero-order valence-electron chi connectivity index (χ0n) is 5.35. The van der Waals surface area contributed by atoms with Gasteiger partial charge < -0.3 is 0 Å². The van der Waals surface area contributed by atoms with Crippen LogP contribution in [0.5, 0.6) is 0 Å². The first kappa shape index (κ1) is 16.4. The molecule has 80 valence electrons. The van der Waals surface area contributed by atoms with E-state index in [0.29, 0.717) is 0 Å². The molecule has 0 heterocycles. The van der Waals surface area contributed by atoms with Crippen molar-refractivity contribution in [2.75, 3.05) is 0 Å². The maximum atomic E-state index is 12.5. The lowest BCUT2D eigenvalue weighted by molar-refractivity contribution is -0.239. The van der Waals surface area contributed by atoms with Gasteiger partial charge >= 0.3 is 6.30 Å². The van der Waals surface area contributed by atoms with E-state index in [2.05, 4.69) is 47.8 Å². The Morgan fingerprint density at radius 1 is 0.923 bits per heavy atom. The molecule has 0 spiro atoms. The lowest BCUT2D eigenvalue weighted by Gasteiger charge is -2.37. The Bertz CT molecular complexity index is 152. The first-order valence-electron chi connectivity index (χ1n) is 2.37. The van der Waals surface area contributed by atoms with Gasteiger partial charge in [-0.05, 0) is 116 Å². The number of hydrogen-bond donors (Lipinski definition) is 0. The van der Waals surface area contributed by atoms with E-state index in [1.165, 1.54) is 0 Å². The van der Waals surface area contributed by atoms with Crippen LogP contribution >= 0.6 is 116 Å². The number of alkyl halides is 9. The number of halogens is 9. The van der Waals surface area contributed by atoms with Gasteiger partial charge in [0, 0.05) is 0 Å². The van der Waals surface area contributed by atoms with E-state index < -0.39 is 8.13 Å². The summed E-state index contributed by atoms with van der Waals surface area (Å²) < 4.78 is 35.0. The van der Waals surface area contributed by atoms with Crippen LogP contribution in [0.1, 0.15) is 0 Å². The highest BCUT2D eigenvalue weighted by Gasteiger charge is 2.56. The van der Waals surface area contributed by atoms with Crippen molar-refractivity contribution in [3.63, 3.8) is 0 Å². The molecule has 0 saturated carbocycles. The second-order valence-electron chi connectivity index (χ2n) is 1.74. The van der Waals surface area contributed by atoms with Gasteiger partial charge in [0.1, 0.15) is 0 Å². The molecule has 0 amide bonds. The summed E-state index contributed by atoms with van der Waals surface area (Å²) in [5.41, 5.74) is 0. The van der Waals surface area contributed by atoms with Crippen molar-refractivity contribution in [1.82, 2.24) is 4.90 Å². The first-order valence-corrected chi connectivity index (χ1v) is 7.99. The summed E-state index contributed by atoms with van der Waals surface area (Å²) in [5.74, 6) is 0. The van der Waals surface area contributed by atoms with Crippen molar-refractivity contribution in [2.45, 2.75) is 8.13 Å². The van der Waals surface area contributed by atoms with Crippen LogP contribution in [0.4, 0.5) is 13.2 Å². The highest BCUT2D eigenvalue weighted by molar-refractivity contribution is 14.3. The summed E-state index contributed by atoms with van der Waals surface area (Å²) >= 11 is 13.6. The van der Waals surface area contributed by atoms with Gasteiger partial charge in [0.2, 0.25) is 0 Å². The number of rotatable bonds is 1. The molecule has 0 aromatic carbocycles. The van der Waals surface area contributed by atoms with E-state index in [9.17, 15) is 13.2 Å². The minimum absolute atomic E-state index is 0.272. The zero-order chi connectivity index (χ0) is 11.1. The molecular formula is C3Br3F3I3N. The molecule has 10 heteroatoms. The standard InChI is InChI=1S/C3Br3F3I3N/c4-1(5,6)13(2(7,8)9)3(10,11)12. The second-order valence-corrected chi connectivity index (χ2v) is 19.3. The number of nitrogens with zero attached hydrogens (tertiary/aromatic N) is 1. The minimum Gasteiger partial charge on any atom is -0.155 e. The van der Waals surface area contributed by atoms with E-state index in [0.717, 1.165) is 0 Å². The Hall–Kier alpha value is 3.38. The van der Waals surface area contributed by atoms with Crippen molar-refractivity contribution in [3.8, 4) is 0 Å². The Kier molecular flexibility index (Phi) is 6.74. The van der Waals surface area contributed by atoms with Crippen LogP contribution in [0.25, 0.3) is 0 Å². The Labute approximate surface area is 139 Å². The molecule has 0 bridgehead atoms. The second kappa shape index (κ2) is 5.35. The third-order valence-corrected chi connectivity index (χ3v) is 3.27. The fourth-order valence-corrected chi connectivity index (χ4v) is 6.72. The third-order valence-electron chi connectivity index (χ3n) is 0.761. The van der Waals surface area contributed by atoms with Gasteiger partial charge in [0.05, 0.1) is 0 Å². The highest BCUT2D eigenvalue weighted by Crippen LogP contribution is 2.55. The topological polar surface area (TPSA) is 3.24 Å². The van der Waals surface area contributed by atoms with E-state index in [-0.39, 0.29) is 4.90 Å². The molecule has 0 aromatic rings. The lowest BCUT2D eigenvalue weighted by Crippen LogP contribution is -2.51. The molecule has 0 aliphatic rings. The molecule has 0 fully saturated rings. The largest absolute Gasteiger partial charge is 0.464 e. The monoisotopic (exact) mass is 724 g/mol. The molecule has 0 atom stereocenters. The van der Waals surface area contributed by atoms with Gasteiger partial charge in [0.15, 0.2) is 1.83 Å². The smallest absolute Gasteiger partial charge is 0.155 e. The van der Waals surface area contributed by atoms with Gasteiger partial charge in [-0.25, -0.2) is 0 Å². The summed E-state index contributed by atoms with van der Waals surface area (Å²) in [6.45, 7) is 0. The number of hydrogen-bond acceptors (Lipinski definition) is 1. The minimum atomic E-state index is -4.44. The molecular weight excluding hydrogens is 727 g/mol. The average molecular weight is 727 g/mol. The van der Waals surface area contributed by atoms with Crippen molar-refractivity contribution in [3.05, 3.63) is 0 Å². The van der Waals surface area contributed by atoms with E-state index in [1.807, 2.05) is 0 Å². The van der Waals surface area contributed by atoms with E-state index in [1.54, 1.807) is 67.8 Å². The molecule has 0 rings (SSSR count). The summed E-state index contributed by atoms with van der Waals surface area (Å²) in [6.07, 6.45) is -4.44. The Morgan fingerprint density at radius 2 is 1.23 bits per heavy atom. The van der Waals surface area contributed by atoms with E-state index >= 15 is 0 Å². The average Bonchev–Trinajstić information content (AvgIpc) is 1.44. The summed E-state index contributed by atoms with van der Waals surface area (Å²) in [5, 5.41) is 0. The predicted molar refractivity (Wildman–Crippen MR) is 82.2 cm³/mol. The van der Waals surface area contributed by atoms with Crippen LogP contribution in [0.15, 0.2) is 0 Å². The third kappa shape index (κ3) is 6.02. The molecule has 0 aromatic heterocycles. The van der Waals surface area contributed by atoms with Crippen LogP contribution in [0.3, 0.4) is 0 Å². The van der Waals surface area contributed by atoms with Gasteiger partial charge in [-0.3, -0.25) is 0 Å². The first-order chi connectivity index (χ1) is 5.37. The van der Waals surface area contributed by atoms with Crippen molar-refractivity contribution >= 4 is 116 Å². The SMILES string of the molecule is FC(F)(F)N(C(Br)(Br)Br)C(I)(I)I. The molecule has 0 unspecified atom stereocenters. The Balaban J connectivity index is 5.02. The van der Waals surface area contributed by atoms with Crippen LogP contribution in [0, 0.1) is 0 Å². The van der Waals surface area contributed by atoms with Crippen LogP contribution in [-0.2, 0) is 0 Å². The van der Waals surface area contributed by atoms with Crippen LogP contribution < -0.4 is 0 Å². The normalized spacial score (nSPS) is 15.2. The molecule has 0 aliphatic carbocycles. The summed E-state index contributed by atoms with van der Waals surface area (Å²) in [7, 11) is 0. The van der Waals surface area contributed by atoms with Crippen LogP contribution in [-0.4, -0.2) is 13.0 Å². The molecule has 0 radical (unpaired) electrons. The lowest BCUT2D eigenvalue weighted by atomic mass is 10.9. The van der Waals surface area contributed by atoms with Crippen molar-refractivity contribution in [2.24, 2.45) is 0 Å². The fourth-order valence-electron chi connectivity index (χ4n) is 0.431. The van der Waals surface area contributed by atoms with Crippen molar-refractivity contribution < 1.29 is 13.2 Å². The van der Waals surface area contributed by atoms with Crippen molar-refractivity contribution in [1.29, 1.82) is 0 Å². The van der Waals surface area contributed by atoms with Gasteiger partial charge in [0.25, 0.3) is 0 Å². The molecule has 1 nitrogen and oxygen atoms in total. The van der Waals surface area contributed by atoms with Crippen LogP contribution in [0.2, 0.25) is 0 Å².